The minimum atomic E-state index is -5.23. The summed E-state index contributed by atoms with van der Waals surface area (Å²) in [6.07, 6.45) is -5.82. The van der Waals surface area contributed by atoms with Crippen LogP contribution in [0.2, 0.25) is 0 Å². The second kappa shape index (κ2) is 17.9. The highest BCUT2D eigenvalue weighted by Crippen LogP contribution is 2.54. The maximum atomic E-state index is 12.2. The molecule has 0 aromatic heterocycles. The number of unbranched alkanes of at least 4 members (excludes halogenated alkanes) is 2. The van der Waals surface area contributed by atoms with Crippen molar-refractivity contribution in [3.63, 3.8) is 0 Å². The molecule has 0 nitrogen and oxygen atoms in total. The Labute approximate surface area is 191 Å². The summed E-state index contributed by atoms with van der Waals surface area (Å²) >= 11 is 0. The minimum absolute atomic E-state index is 0.0382. The van der Waals surface area contributed by atoms with Crippen molar-refractivity contribution in [2.24, 2.45) is 10.8 Å². The molecule has 0 aromatic carbocycles. The Morgan fingerprint density at radius 1 is 0.438 bits per heavy atom. The van der Waals surface area contributed by atoms with E-state index in [9.17, 15) is 35.1 Å². The number of halogens is 8. The van der Waals surface area contributed by atoms with E-state index in [0.29, 0.717) is 5.41 Å². The van der Waals surface area contributed by atoms with Crippen LogP contribution in [0.1, 0.15) is 127 Å². The molecule has 0 fully saturated rings. The van der Waals surface area contributed by atoms with Crippen molar-refractivity contribution in [2.45, 2.75) is 145 Å². The normalized spacial score (nSPS) is 12.6. The van der Waals surface area contributed by atoms with Gasteiger partial charge in [0.25, 0.3) is 0 Å². The van der Waals surface area contributed by atoms with Gasteiger partial charge >= 0.3 is 12.4 Å². The van der Waals surface area contributed by atoms with Crippen molar-refractivity contribution in [3.05, 3.63) is 0 Å². The van der Waals surface area contributed by atoms with Gasteiger partial charge in [-0.3, -0.25) is 0 Å². The molecule has 0 bridgehead atoms. The van der Waals surface area contributed by atoms with Gasteiger partial charge in [-0.2, -0.15) is 26.3 Å². The van der Waals surface area contributed by atoms with E-state index in [0.717, 1.165) is 13.8 Å². The zero-order valence-electron chi connectivity index (χ0n) is 21.9. The van der Waals surface area contributed by atoms with E-state index in [-0.39, 0.29) is 12.8 Å². The third-order valence-corrected chi connectivity index (χ3v) is 5.95. The highest BCUT2D eigenvalue weighted by atomic mass is 19.4. The lowest BCUT2D eigenvalue weighted by Gasteiger charge is -2.35. The molecule has 0 rings (SSSR count). The van der Waals surface area contributed by atoms with Crippen LogP contribution in [0.3, 0.4) is 0 Å². The Hall–Kier alpha value is -0.560. The minimum Gasteiger partial charge on any atom is -0.207 e. The maximum absolute atomic E-state index is 12.2. The zero-order valence-corrected chi connectivity index (χ0v) is 21.9. The topological polar surface area (TPSA) is 0 Å². The molecule has 0 aliphatic heterocycles. The van der Waals surface area contributed by atoms with E-state index < -0.39 is 36.5 Å². The lowest BCUT2D eigenvalue weighted by Crippen LogP contribution is -2.49. The zero-order chi connectivity index (χ0) is 26.9. The van der Waals surface area contributed by atoms with Crippen LogP contribution in [-0.2, 0) is 0 Å². The van der Waals surface area contributed by atoms with Crippen molar-refractivity contribution in [1.29, 1.82) is 0 Å². The Balaban J connectivity index is -0.000000176. The molecule has 0 amide bonds. The van der Waals surface area contributed by atoms with Gasteiger partial charge < -0.3 is 0 Å². The molecule has 0 N–H and O–H groups in total. The highest BCUT2D eigenvalue weighted by molar-refractivity contribution is 4.90. The fourth-order valence-electron chi connectivity index (χ4n) is 2.07. The average Bonchev–Trinajstić information content (AvgIpc) is 2.69. The second-order valence-electron chi connectivity index (χ2n) is 8.57. The van der Waals surface area contributed by atoms with Gasteiger partial charge in [0.1, 0.15) is 0 Å². The Morgan fingerprint density at radius 2 is 0.719 bits per heavy atom. The van der Waals surface area contributed by atoms with Crippen molar-refractivity contribution in [1.82, 2.24) is 0 Å². The van der Waals surface area contributed by atoms with E-state index in [1.54, 1.807) is 0 Å². The molecule has 32 heavy (non-hydrogen) atoms. The van der Waals surface area contributed by atoms with E-state index in [1.807, 2.05) is 0 Å². The molecule has 0 saturated carbocycles. The van der Waals surface area contributed by atoms with Gasteiger partial charge in [0.15, 0.2) is 5.41 Å². The fraction of sp³-hybridized carbons (Fsp3) is 1.00. The van der Waals surface area contributed by atoms with Crippen LogP contribution in [0.4, 0.5) is 35.1 Å². The number of hydrogen-bond acceptors (Lipinski definition) is 0. The molecule has 200 valence electrons. The second-order valence-corrected chi connectivity index (χ2v) is 8.57. The summed E-state index contributed by atoms with van der Waals surface area (Å²) in [5.41, 5.74) is -2.96. The molecule has 0 spiro atoms. The fourth-order valence-corrected chi connectivity index (χ4v) is 2.07. The predicted octanol–water partition coefficient (Wildman–Crippen LogP) is 11.4. The van der Waals surface area contributed by atoms with E-state index >= 15 is 0 Å². The maximum Gasteiger partial charge on any atom is 0.403 e. The molecule has 0 aliphatic carbocycles. The molecule has 0 aliphatic rings. The first-order valence-corrected chi connectivity index (χ1v) is 11.8. The number of alkyl halides is 8. The summed E-state index contributed by atoms with van der Waals surface area (Å²) in [6, 6.07) is 0. The SMILES string of the molecule is CCC(C)(C)CC.CCC(CC)(C(F)(F)F)C(F)(F)F.CCC(F)(F)CC.CCCCC. The predicted molar refractivity (Wildman–Crippen MR) is 120 cm³/mol. The highest BCUT2D eigenvalue weighted by Gasteiger charge is 2.68. The first-order valence-electron chi connectivity index (χ1n) is 11.8. The Bertz CT molecular complexity index is 359. The first-order chi connectivity index (χ1) is 14.3. The lowest BCUT2D eigenvalue weighted by molar-refractivity contribution is -0.343. The molecule has 0 aromatic rings. The number of hydrogen-bond donors (Lipinski definition) is 0. The van der Waals surface area contributed by atoms with Crippen molar-refractivity contribution in [2.75, 3.05) is 0 Å². The van der Waals surface area contributed by atoms with E-state index in [1.165, 1.54) is 46.0 Å². The van der Waals surface area contributed by atoms with Crippen LogP contribution in [0.5, 0.6) is 0 Å². The molecular weight excluding hydrogens is 440 g/mol. The van der Waals surface area contributed by atoms with Gasteiger partial charge in [-0.15, -0.1) is 0 Å². The summed E-state index contributed by atoms with van der Waals surface area (Å²) in [4.78, 5) is 0. The molecule has 0 radical (unpaired) electrons. The van der Waals surface area contributed by atoms with Gasteiger partial charge in [-0.25, -0.2) is 8.78 Å². The molecule has 0 heterocycles. The molecule has 0 unspecified atom stereocenters. The van der Waals surface area contributed by atoms with Gasteiger partial charge in [-0.05, 0) is 18.3 Å². The summed E-state index contributed by atoms with van der Waals surface area (Å²) in [7, 11) is 0. The van der Waals surface area contributed by atoms with Crippen LogP contribution in [0.15, 0.2) is 0 Å². The van der Waals surface area contributed by atoms with Gasteiger partial charge in [0, 0.05) is 12.8 Å². The summed E-state index contributed by atoms with van der Waals surface area (Å²) in [5.74, 6) is -2.42. The lowest BCUT2D eigenvalue weighted by atomic mass is 9.81. The quantitative estimate of drug-likeness (QED) is 0.298. The van der Waals surface area contributed by atoms with Crippen LogP contribution in [-0.4, -0.2) is 18.3 Å². The average molecular weight is 489 g/mol. The standard InChI is InChI=1S/C7H10F6.C7H16.C5H10F2.C5H12/c1-3-5(4-2,6(8,9)10)7(11,12)13;1-5-7(3,4)6-2;1-3-5(6,7)4-2;1-3-5-4-2/h3-4H2,1-2H3;5-6H2,1-4H3;3-4H2,1-2H3;3-5H2,1-2H3. The van der Waals surface area contributed by atoms with Gasteiger partial charge in [0.2, 0.25) is 5.92 Å². The molecule has 8 heteroatoms. The monoisotopic (exact) mass is 488 g/mol. The third-order valence-electron chi connectivity index (χ3n) is 5.95. The van der Waals surface area contributed by atoms with Gasteiger partial charge in [0.05, 0.1) is 0 Å². The number of rotatable bonds is 8. The van der Waals surface area contributed by atoms with Crippen LogP contribution >= 0.6 is 0 Å². The largest absolute Gasteiger partial charge is 0.403 e. The van der Waals surface area contributed by atoms with E-state index in [4.69, 9.17) is 0 Å². The smallest absolute Gasteiger partial charge is 0.207 e. The third kappa shape index (κ3) is 17.0. The van der Waals surface area contributed by atoms with Crippen molar-refractivity contribution < 1.29 is 35.1 Å². The van der Waals surface area contributed by atoms with Gasteiger partial charge in [-0.1, -0.05) is 101 Å². The van der Waals surface area contributed by atoms with Crippen LogP contribution in [0, 0.1) is 10.8 Å². The molecular formula is C24H48F8. The summed E-state index contributed by atoms with van der Waals surface area (Å²) in [5, 5.41) is 0. The van der Waals surface area contributed by atoms with Crippen LogP contribution < -0.4 is 0 Å². The molecule has 0 atom stereocenters. The Morgan fingerprint density at radius 3 is 0.719 bits per heavy atom. The molecule has 0 saturated heterocycles. The van der Waals surface area contributed by atoms with E-state index in [2.05, 4.69) is 41.5 Å². The summed E-state index contributed by atoms with van der Waals surface area (Å²) < 4.78 is 96.7. The van der Waals surface area contributed by atoms with Crippen LogP contribution in [0.25, 0.3) is 0 Å². The van der Waals surface area contributed by atoms with Crippen molar-refractivity contribution in [3.8, 4) is 0 Å². The first kappa shape index (κ1) is 38.7. The van der Waals surface area contributed by atoms with Crippen molar-refractivity contribution >= 4 is 0 Å². The Kier molecular flexibility index (Phi) is 21.6. The summed E-state index contributed by atoms with van der Waals surface area (Å²) in [6.45, 7) is 18.3.